The van der Waals surface area contributed by atoms with Crippen molar-refractivity contribution >= 4 is 38.3 Å². The number of nitrogens with zero attached hydrogens (tertiary/aromatic N) is 1. The molecular formula is C20H25N3O6S2. The van der Waals surface area contributed by atoms with Crippen molar-refractivity contribution in [1.82, 2.24) is 10.3 Å². The van der Waals surface area contributed by atoms with Gasteiger partial charge in [-0.05, 0) is 42.9 Å². The maximum absolute atomic E-state index is 13.1. The smallest absolute Gasteiger partial charge is 0.404 e. The van der Waals surface area contributed by atoms with Crippen LogP contribution in [0.25, 0.3) is 0 Å². The van der Waals surface area contributed by atoms with Crippen LogP contribution >= 0.6 is 11.3 Å². The molecule has 0 bridgehead atoms. The Bertz CT molecular complexity index is 1010. The Morgan fingerprint density at radius 1 is 1.26 bits per heavy atom. The van der Waals surface area contributed by atoms with Crippen LogP contribution in [0.4, 0.5) is 9.93 Å². The summed E-state index contributed by atoms with van der Waals surface area (Å²) in [4.78, 5) is 28.8. The van der Waals surface area contributed by atoms with Crippen LogP contribution in [0, 0.1) is 5.92 Å². The summed E-state index contributed by atoms with van der Waals surface area (Å²) < 4.78 is 28.9. The van der Waals surface area contributed by atoms with Crippen LogP contribution < -0.4 is 10.6 Å². The minimum Gasteiger partial charge on any atom is -0.465 e. The zero-order chi connectivity index (χ0) is 22.4. The van der Waals surface area contributed by atoms with E-state index in [9.17, 15) is 18.0 Å². The van der Waals surface area contributed by atoms with E-state index in [-0.39, 0.29) is 17.3 Å². The summed E-state index contributed by atoms with van der Waals surface area (Å²) >= 11 is 1.20. The first-order valence-corrected chi connectivity index (χ1v) is 12.5. The number of sulfone groups is 1. The first-order valence-electron chi connectivity index (χ1n) is 9.82. The molecule has 2 amide bonds. The number of carbonyl (C=O) groups is 2. The zero-order valence-corrected chi connectivity index (χ0v) is 18.7. The molecule has 1 aromatic heterocycles. The monoisotopic (exact) mass is 467 g/mol. The van der Waals surface area contributed by atoms with E-state index in [1.807, 2.05) is 0 Å². The summed E-state index contributed by atoms with van der Waals surface area (Å²) in [6.45, 7) is 1.44. The maximum Gasteiger partial charge on any atom is 0.404 e. The van der Waals surface area contributed by atoms with Crippen molar-refractivity contribution in [2.24, 2.45) is 5.92 Å². The molecule has 11 heteroatoms. The molecular weight excluding hydrogens is 442 g/mol. The third-order valence-electron chi connectivity index (χ3n) is 5.13. The summed E-state index contributed by atoms with van der Waals surface area (Å²) in [5.74, 6) is -0.377. The van der Waals surface area contributed by atoms with E-state index in [2.05, 4.69) is 15.6 Å². The van der Waals surface area contributed by atoms with Gasteiger partial charge in [0.2, 0.25) is 5.91 Å². The van der Waals surface area contributed by atoms with Crippen molar-refractivity contribution in [2.45, 2.75) is 36.6 Å². The predicted octanol–water partition coefficient (Wildman–Crippen LogP) is 2.85. The number of anilines is 1. The van der Waals surface area contributed by atoms with Gasteiger partial charge in [0.1, 0.15) is 0 Å². The number of ether oxygens (including phenoxy) is 1. The van der Waals surface area contributed by atoms with Gasteiger partial charge >= 0.3 is 6.09 Å². The maximum atomic E-state index is 13.1. The topological polar surface area (TPSA) is 135 Å². The van der Waals surface area contributed by atoms with Crippen LogP contribution in [0.3, 0.4) is 0 Å². The second kappa shape index (κ2) is 10.2. The van der Waals surface area contributed by atoms with E-state index in [1.54, 1.807) is 12.1 Å². The first kappa shape index (κ1) is 23.2. The van der Waals surface area contributed by atoms with Gasteiger partial charge in [-0.15, -0.1) is 0 Å². The van der Waals surface area contributed by atoms with Gasteiger partial charge < -0.3 is 20.5 Å². The Morgan fingerprint density at radius 2 is 1.94 bits per heavy atom. The molecule has 3 rings (SSSR count). The summed E-state index contributed by atoms with van der Waals surface area (Å²) in [6.07, 6.45) is 3.89. The summed E-state index contributed by atoms with van der Waals surface area (Å²) in [5, 5.41) is 14.2. The molecule has 2 heterocycles. The van der Waals surface area contributed by atoms with Gasteiger partial charge in [0, 0.05) is 30.5 Å². The lowest BCUT2D eigenvalue weighted by Crippen LogP contribution is -2.26. The number of hydrogen-bond acceptors (Lipinski definition) is 7. The van der Waals surface area contributed by atoms with Crippen LogP contribution in [-0.2, 0) is 25.9 Å². The number of nitrogens with one attached hydrogen (secondary N) is 2. The molecule has 9 nitrogen and oxygen atoms in total. The lowest BCUT2D eigenvalue weighted by atomic mass is 9.84. The van der Waals surface area contributed by atoms with Gasteiger partial charge in [0.25, 0.3) is 0 Å². The highest BCUT2D eigenvalue weighted by molar-refractivity contribution is 7.90. The van der Waals surface area contributed by atoms with Crippen molar-refractivity contribution in [3.63, 3.8) is 0 Å². The third kappa shape index (κ3) is 6.74. The SMILES string of the molecule is CS(=O)(=O)c1ccc(C(CC2CCOCC2)C(=O)Nc2ncc(CNC(=O)O)s2)cc1. The molecule has 0 spiro atoms. The Labute approximate surface area is 184 Å². The average molecular weight is 468 g/mol. The lowest BCUT2D eigenvalue weighted by Gasteiger charge is -2.26. The molecule has 1 aliphatic heterocycles. The van der Waals surface area contributed by atoms with Crippen molar-refractivity contribution in [3.8, 4) is 0 Å². The van der Waals surface area contributed by atoms with E-state index in [0.717, 1.165) is 24.7 Å². The van der Waals surface area contributed by atoms with Crippen LogP contribution in [0.2, 0.25) is 0 Å². The highest BCUT2D eigenvalue weighted by Crippen LogP contribution is 2.31. The fourth-order valence-electron chi connectivity index (χ4n) is 3.46. The predicted molar refractivity (Wildman–Crippen MR) is 116 cm³/mol. The second-order valence-electron chi connectivity index (χ2n) is 7.46. The Hall–Kier alpha value is -2.50. The highest BCUT2D eigenvalue weighted by atomic mass is 32.2. The van der Waals surface area contributed by atoms with Crippen molar-refractivity contribution in [1.29, 1.82) is 0 Å². The standard InChI is InChI=1S/C20H25N3O6S2/c1-31(27,28)16-4-2-14(3-5-16)17(10-13-6-8-29-9-7-13)18(24)23-19-21-11-15(30-19)12-22-20(25)26/h2-5,11,13,17,22H,6-10,12H2,1H3,(H,25,26)(H,21,23,24). The van der Waals surface area contributed by atoms with Crippen LogP contribution in [-0.4, -0.2) is 50.0 Å². The molecule has 0 saturated carbocycles. The fraction of sp³-hybridized carbons (Fsp3) is 0.450. The number of aromatic nitrogens is 1. The minimum absolute atomic E-state index is 0.112. The van der Waals surface area contributed by atoms with Crippen LogP contribution in [0.1, 0.15) is 35.6 Å². The van der Waals surface area contributed by atoms with E-state index in [4.69, 9.17) is 9.84 Å². The minimum atomic E-state index is -3.32. The van der Waals surface area contributed by atoms with E-state index < -0.39 is 21.8 Å². The number of rotatable bonds is 8. The van der Waals surface area contributed by atoms with Gasteiger partial charge in [-0.1, -0.05) is 23.5 Å². The first-order chi connectivity index (χ1) is 14.7. The fourth-order valence-corrected chi connectivity index (χ4v) is 4.85. The Morgan fingerprint density at radius 3 is 2.55 bits per heavy atom. The van der Waals surface area contributed by atoms with Gasteiger partial charge in [0.15, 0.2) is 15.0 Å². The molecule has 0 aliphatic carbocycles. The Balaban J connectivity index is 1.76. The average Bonchev–Trinajstić information content (AvgIpc) is 3.18. The van der Waals surface area contributed by atoms with Crippen LogP contribution in [0.15, 0.2) is 35.4 Å². The molecule has 1 aliphatic rings. The van der Waals surface area contributed by atoms with Crippen molar-refractivity contribution < 1.29 is 27.9 Å². The molecule has 1 aromatic carbocycles. The normalized spacial score (nSPS) is 15.9. The second-order valence-corrected chi connectivity index (χ2v) is 10.6. The molecule has 1 fully saturated rings. The number of benzene rings is 1. The van der Waals surface area contributed by atoms with E-state index in [1.165, 1.54) is 29.7 Å². The van der Waals surface area contributed by atoms with Gasteiger partial charge in [-0.25, -0.2) is 18.2 Å². The number of carboxylic acid groups (broad SMARTS) is 1. The number of thiazole rings is 1. The lowest BCUT2D eigenvalue weighted by molar-refractivity contribution is -0.118. The van der Waals surface area contributed by atoms with Gasteiger partial charge in [0.05, 0.1) is 17.4 Å². The number of hydrogen-bond donors (Lipinski definition) is 3. The molecule has 3 N–H and O–H groups in total. The van der Waals surface area contributed by atoms with E-state index >= 15 is 0 Å². The Kier molecular flexibility index (Phi) is 7.63. The molecule has 168 valence electrons. The molecule has 2 aromatic rings. The molecule has 1 unspecified atom stereocenters. The number of amides is 2. The summed E-state index contributed by atoms with van der Waals surface area (Å²) in [5.41, 5.74) is 0.737. The summed E-state index contributed by atoms with van der Waals surface area (Å²) in [6, 6.07) is 6.41. The van der Waals surface area contributed by atoms with Crippen molar-refractivity contribution in [3.05, 3.63) is 40.9 Å². The molecule has 1 saturated heterocycles. The molecule has 0 radical (unpaired) electrons. The van der Waals surface area contributed by atoms with Crippen LogP contribution in [0.5, 0.6) is 0 Å². The van der Waals surface area contributed by atoms with E-state index in [0.29, 0.717) is 35.6 Å². The largest absolute Gasteiger partial charge is 0.465 e. The molecule has 1 atom stereocenters. The van der Waals surface area contributed by atoms with Gasteiger partial charge in [-0.3, -0.25) is 4.79 Å². The molecule has 31 heavy (non-hydrogen) atoms. The zero-order valence-electron chi connectivity index (χ0n) is 17.0. The highest BCUT2D eigenvalue weighted by Gasteiger charge is 2.27. The van der Waals surface area contributed by atoms with Gasteiger partial charge in [-0.2, -0.15) is 0 Å². The third-order valence-corrected chi connectivity index (χ3v) is 7.18. The number of carbonyl (C=O) groups excluding carboxylic acids is 1. The van der Waals surface area contributed by atoms with Crippen molar-refractivity contribution in [2.75, 3.05) is 24.8 Å². The summed E-state index contributed by atoms with van der Waals surface area (Å²) in [7, 11) is -3.32. The quantitative estimate of drug-likeness (QED) is 0.543.